The molecular weight excluding hydrogens is 592 g/mol. The summed E-state index contributed by atoms with van der Waals surface area (Å²) in [5.74, 6) is -2.34. The van der Waals surface area contributed by atoms with Crippen molar-refractivity contribution in [2.24, 2.45) is 5.92 Å². The standard InChI is InChI=1S/C35H31ClN4O5/c1-21-7-6-10-28(36)32(21)38-35-37-29-16-11-22(17-30(29)45-35)18-31(41)39(2)25-14-12-23(13-15-25)26-19-40(20-27(26)34(43)44)33(42)24-8-4-3-5-9-24/h3-17,26-27H,18-20H2,1-2H3,(H,37,38)(H,43,44). The van der Waals surface area contributed by atoms with E-state index in [0.717, 1.165) is 22.4 Å². The van der Waals surface area contributed by atoms with Crippen LogP contribution in [0, 0.1) is 12.8 Å². The van der Waals surface area contributed by atoms with Gasteiger partial charge in [0.25, 0.3) is 11.9 Å². The molecule has 1 aromatic heterocycles. The Kier molecular flexibility index (Phi) is 8.28. The Balaban J connectivity index is 1.12. The van der Waals surface area contributed by atoms with Gasteiger partial charge in [-0.05, 0) is 66.1 Å². The average molecular weight is 623 g/mol. The number of nitrogens with one attached hydrogen (secondary N) is 1. The van der Waals surface area contributed by atoms with Gasteiger partial charge in [0.1, 0.15) is 5.52 Å². The number of benzene rings is 4. The number of likely N-dealkylation sites (N-methyl/N-ethyl adjacent to an activating group) is 1. The zero-order chi connectivity index (χ0) is 31.7. The van der Waals surface area contributed by atoms with Crippen molar-refractivity contribution in [1.29, 1.82) is 0 Å². The molecule has 2 unspecified atom stereocenters. The molecule has 45 heavy (non-hydrogen) atoms. The second-order valence-electron chi connectivity index (χ2n) is 11.2. The second kappa shape index (κ2) is 12.5. The van der Waals surface area contributed by atoms with Crippen molar-refractivity contribution >= 4 is 57.9 Å². The number of anilines is 3. The number of carbonyl (C=O) groups excluding carboxylic acids is 2. The quantitative estimate of drug-likeness (QED) is 0.198. The molecule has 1 fully saturated rings. The Morgan fingerprint density at radius 2 is 1.76 bits per heavy atom. The smallest absolute Gasteiger partial charge is 0.308 e. The molecule has 9 nitrogen and oxygen atoms in total. The minimum Gasteiger partial charge on any atom is -0.481 e. The summed E-state index contributed by atoms with van der Waals surface area (Å²) in [6.45, 7) is 2.38. The summed E-state index contributed by atoms with van der Waals surface area (Å²) in [5, 5.41) is 13.6. The van der Waals surface area contributed by atoms with E-state index < -0.39 is 11.9 Å². The van der Waals surface area contributed by atoms with E-state index in [2.05, 4.69) is 10.3 Å². The van der Waals surface area contributed by atoms with E-state index in [1.54, 1.807) is 53.2 Å². The van der Waals surface area contributed by atoms with E-state index in [0.29, 0.717) is 39.9 Å². The number of carboxylic acid groups (broad SMARTS) is 1. The summed E-state index contributed by atoms with van der Waals surface area (Å²) >= 11 is 6.33. The molecule has 5 aromatic rings. The maximum Gasteiger partial charge on any atom is 0.308 e. The van der Waals surface area contributed by atoms with Crippen LogP contribution < -0.4 is 10.2 Å². The fourth-order valence-electron chi connectivity index (χ4n) is 5.73. The van der Waals surface area contributed by atoms with Crippen molar-refractivity contribution < 1.29 is 23.9 Å². The molecule has 228 valence electrons. The summed E-state index contributed by atoms with van der Waals surface area (Å²) in [6, 6.07) is 27.5. The number of hydrogen-bond acceptors (Lipinski definition) is 6. The SMILES string of the molecule is Cc1cccc(Cl)c1Nc1nc2ccc(CC(=O)N(C)c3ccc(C4CN(C(=O)c5ccccc5)CC4C(=O)O)cc3)cc2o1. The number of para-hydroxylation sites is 1. The molecule has 10 heteroatoms. The van der Waals surface area contributed by atoms with Gasteiger partial charge in [0.2, 0.25) is 5.91 Å². The number of aromatic nitrogens is 1. The molecule has 2 amide bonds. The van der Waals surface area contributed by atoms with Gasteiger partial charge in [-0.25, -0.2) is 0 Å². The number of carbonyl (C=O) groups is 3. The van der Waals surface area contributed by atoms with Crippen molar-refractivity contribution in [3.05, 3.63) is 118 Å². The van der Waals surface area contributed by atoms with Crippen molar-refractivity contribution in [2.45, 2.75) is 19.3 Å². The van der Waals surface area contributed by atoms with Crippen LogP contribution in [0.15, 0.2) is 95.4 Å². The zero-order valence-electron chi connectivity index (χ0n) is 24.7. The number of halogens is 1. The largest absolute Gasteiger partial charge is 0.481 e. The third-order valence-corrected chi connectivity index (χ3v) is 8.60. The maximum absolute atomic E-state index is 13.2. The number of aryl methyl sites for hydroxylation is 1. The van der Waals surface area contributed by atoms with E-state index in [1.165, 1.54) is 0 Å². The lowest BCUT2D eigenvalue weighted by Crippen LogP contribution is -2.29. The number of fused-ring (bicyclic) bond motifs is 1. The number of carboxylic acids is 1. The van der Waals surface area contributed by atoms with Gasteiger partial charge >= 0.3 is 5.97 Å². The molecule has 0 spiro atoms. The number of amides is 2. The summed E-state index contributed by atoms with van der Waals surface area (Å²) in [5.41, 5.74) is 5.66. The van der Waals surface area contributed by atoms with Crippen LogP contribution in [0.5, 0.6) is 0 Å². The summed E-state index contributed by atoms with van der Waals surface area (Å²) in [6.07, 6.45) is 0.140. The predicted octanol–water partition coefficient (Wildman–Crippen LogP) is 6.68. The van der Waals surface area contributed by atoms with Crippen LogP contribution in [0.3, 0.4) is 0 Å². The Bertz CT molecular complexity index is 1870. The Morgan fingerprint density at radius 1 is 1.00 bits per heavy atom. The van der Waals surface area contributed by atoms with Gasteiger partial charge in [-0.2, -0.15) is 4.98 Å². The third kappa shape index (κ3) is 6.25. The van der Waals surface area contributed by atoms with E-state index in [-0.39, 0.29) is 30.7 Å². The van der Waals surface area contributed by atoms with Crippen molar-refractivity contribution in [2.75, 3.05) is 30.4 Å². The van der Waals surface area contributed by atoms with E-state index in [9.17, 15) is 19.5 Å². The summed E-state index contributed by atoms with van der Waals surface area (Å²) < 4.78 is 5.91. The highest BCUT2D eigenvalue weighted by Gasteiger charge is 2.40. The highest BCUT2D eigenvalue weighted by Crippen LogP contribution is 2.35. The van der Waals surface area contributed by atoms with Gasteiger partial charge in [-0.1, -0.05) is 60.1 Å². The first-order chi connectivity index (χ1) is 21.7. The lowest BCUT2D eigenvalue weighted by atomic mass is 9.89. The molecule has 0 bridgehead atoms. The highest BCUT2D eigenvalue weighted by atomic mass is 35.5. The topological polar surface area (TPSA) is 116 Å². The number of aliphatic carboxylic acids is 1. The average Bonchev–Trinajstić information content (AvgIpc) is 3.67. The van der Waals surface area contributed by atoms with Gasteiger partial charge in [-0.15, -0.1) is 0 Å². The molecule has 1 saturated heterocycles. The van der Waals surface area contributed by atoms with E-state index >= 15 is 0 Å². The fraction of sp³-hybridized carbons (Fsp3) is 0.200. The second-order valence-corrected chi connectivity index (χ2v) is 11.6. The number of likely N-dealkylation sites (tertiary alicyclic amines) is 1. The minimum atomic E-state index is -0.940. The lowest BCUT2D eigenvalue weighted by molar-refractivity contribution is -0.141. The van der Waals surface area contributed by atoms with Crippen LogP contribution in [0.1, 0.15) is 33.0 Å². The number of hydrogen-bond donors (Lipinski definition) is 2. The molecule has 0 saturated carbocycles. The number of rotatable bonds is 8. The number of nitrogens with zero attached hydrogens (tertiary/aromatic N) is 3. The van der Waals surface area contributed by atoms with Crippen molar-refractivity contribution in [3.8, 4) is 0 Å². The minimum absolute atomic E-state index is 0.129. The first-order valence-electron chi connectivity index (χ1n) is 14.5. The molecule has 6 rings (SSSR count). The fourth-order valence-corrected chi connectivity index (χ4v) is 6.00. The zero-order valence-corrected chi connectivity index (χ0v) is 25.5. The van der Waals surface area contributed by atoms with Crippen LogP contribution in [0.2, 0.25) is 5.02 Å². The lowest BCUT2D eigenvalue weighted by Gasteiger charge is -2.20. The van der Waals surface area contributed by atoms with Crippen LogP contribution in [0.25, 0.3) is 11.1 Å². The monoisotopic (exact) mass is 622 g/mol. The third-order valence-electron chi connectivity index (χ3n) is 8.29. The molecule has 2 atom stereocenters. The molecule has 4 aromatic carbocycles. The Morgan fingerprint density at radius 3 is 2.47 bits per heavy atom. The van der Waals surface area contributed by atoms with Crippen molar-refractivity contribution in [3.63, 3.8) is 0 Å². The van der Waals surface area contributed by atoms with E-state index in [1.807, 2.05) is 61.5 Å². The Labute approximate surface area is 265 Å². The molecular formula is C35H31ClN4O5. The highest BCUT2D eigenvalue weighted by molar-refractivity contribution is 6.33. The first-order valence-corrected chi connectivity index (χ1v) is 14.9. The first kappa shape index (κ1) is 29.9. The van der Waals surface area contributed by atoms with Gasteiger partial charge < -0.3 is 24.6 Å². The molecule has 0 aliphatic carbocycles. The molecule has 2 N–H and O–H groups in total. The van der Waals surface area contributed by atoms with Gasteiger partial charge in [0.15, 0.2) is 5.58 Å². The van der Waals surface area contributed by atoms with Crippen LogP contribution in [-0.4, -0.2) is 52.9 Å². The van der Waals surface area contributed by atoms with E-state index in [4.69, 9.17) is 16.0 Å². The summed E-state index contributed by atoms with van der Waals surface area (Å²) in [7, 11) is 1.70. The van der Waals surface area contributed by atoms with Crippen LogP contribution in [-0.2, 0) is 16.0 Å². The summed E-state index contributed by atoms with van der Waals surface area (Å²) in [4.78, 5) is 46.0. The predicted molar refractivity (Wildman–Crippen MR) is 173 cm³/mol. The normalized spacial score (nSPS) is 16.1. The molecule has 1 aliphatic rings. The van der Waals surface area contributed by atoms with Gasteiger partial charge in [-0.3, -0.25) is 14.4 Å². The van der Waals surface area contributed by atoms with Crippen molar-refractivity contribution in [1.82, 2.24) is 9.88 Å². The van der Waals surface area contributed by atoms with Crippen LogP contribution >= 0.6 is 11.6 Å². The molecule has 2 heterocycles. The molecule has 1 aliphatic heterocycles. The van der Waals surface area contributed by atoms with Gasteiger partial charge in [0, 0.05) is 37.3 Å². The van der Waals surface area contributed by atoms with Crippen LogP contribution in [0.4, 0.5) is 17.4 Å². The Hall–Kier alpha value is -5.15. The van der Waals surface area contributed by atoms with Gasteiger partial charge in [0.05, 0.1) is 23.0 Å². The number of oxazole rings is 1. The maximum atomic E-state index is 13.2. The molecule has 0 radical (unpaired) electrons.